The van der Waals surface area contributed by atoms with Crippen LogP contribution in [0.25, 0.3) is 0 Å². The van der Waals surface area contributed by atoms with Gasteiger partial charge in [-0.2, -0.15) is 0 Å². The molecule has 1 aromatic rings. The predicted molar refractivity (Wildman–Crippen MR) is 113 cm³/mol. The number of aryl methyl sites for hydroxylation is 1. The van der Waals surface area contributed by atoms with Crippen molar-refractivity contribution in [3.63, 3.8) is 0 Å². The van der Waals surface area contributed by atoms with Crippen LogP contribution in [-0.4, -0.2) is 5.11 Å². The molecule has 8 bridgehead atoms. The number of hydrogen-bond donors (Lipinski definition) is 1. The number of hydrogen-bond acceptors (Lipinski definition) is 1. The molecule has 28 heavy (non-hydrogen) atoms. The fourth-order valence-electron chi connectivity index (χ4n) is 10.6. The summed E-state index contributed by atoms with van der Waals surface area (Å²) in [5, 5.41) is 11.2. The zero-order chi connectivity index (χ0) is 18.7. The maximum absolute atomic E-state index is 11.2. The van der Waals surface area contributed by atoms with E-state index in [0.717, 1.165) is 35.5 Å². The molecule has 8 fully saturated rings. The fourth-order valence-corrected chi connectivity index (χ4v) is 10.6. The van der Waals surface area contributed by atoms with Gasteiger partial charge >= 0.3 is 0 Å². The summed E-state index contributed by atoms with van der Waals surface area (Å²) in [7, 11) is 0. The first-order valence-corrected chi connectivity index (χ1v) is 12.3. The third kappa shape index (κ3) is 2.20. The van der Waals surface area contributed by atoms with Gasteiger partial charge in [-0.15, -0.1) is 0 Å². The summed E-state index contributed by atoms with van der Waals surface area (Å²) < 4.78 is 0. The molecule has 0 heterocycles. The average Bonchev–Trinajstić information content (AvgIpc) is 2.58. The minimum Gasteiger partial charge on any atom is -0.508 e. The van der Waals surface area contributed by atoms with Gasteiger partial charge in [0, 0.05) is 5.56 Å². The lowest BCUT2D eigenvalue weighted by atomic mass is 9.46. The second kappa shape index (κ2) is 5.38. The summed E-state index contributed by atoms with van der Waals surface area (Å²) >= 11 is 0. The van der Waals surface area contributed by atoms with Crippen LogP contribution in [0.2, 0.25) is 0 Å². The van der Waals surface area contributed by atoms with Crippen molar-refractivity contribution >= 4 is 0 Å². The van der Waals surface area contributed by atoms with E-state index >= 15 is 0 Å². The lowest BCUT2D eigenvalue weighted by Crippen LogP contribution is -2.50. The number of aromatic hydroxyl groups is 1. The molecule has 1 aromatic carbocycles. The standard InChI is InChI=1S/C27H36O/c1-16-2-25(28)24(27-13-20-6-21(14-27)8-22(7-20)15-27)9-23(16)26-10-17-3-18(11-26)5-19(4-17)12-26/h2,9,17-22,28H,3-8,10-15H2,1H3. The van der Waals surface area contributed by atoms with E-state index in [0.29, 0.717) is 16.6 Å². The van der Waals surface area contributed by atoms with Crippen LogP contribution in [0.1, 0.15) is 93.7 Å². The van der Waals surface area contributed by atoms with Gasteiger partial charge in [0.1, 0.15) is 5.75 Å². The fraction of sp³-hybridized carbons (Fsp3) is 0.778. The first-order valence-electron chi connectivity index (χ1n) is 12.3. The molecule has 9 rings (SSSR count). The number of phenols is 1. The Morgan fingerprint density at radius 2 is 0.964 bits per heavy atom. The van der Waals surface area contributed by atoms with Crippen LogP contribution in [0.3, 0.4) is 0 Å². The summed E-state index contributed by atoms with van der Waals surface area (Å²) in [4.78, 5) is 0. The number of benzene rings is 1. The van der Waals surface area contributed by atoms with Crippen molar-refractivity contribution in [1.29, 1.82) is 0 Å². The van der Waals surface area contributed by atoms with Crippen molar-refractivity contribution in [2.75, 3.05) is 0 Å². The molecular weight excluding hydrogens is 340 g/mol. The second-order valence-electron chi connectivity index (χ2n) is 12.6. The van der Waals surface area contributed by atoms with Gasteiger partial charge in [0.25, 0.3) is 0 Å². The Balaban J connectivity index is 1.34. The first kappa shape index (κ1) is 16.8. The van der Waals surface area contributed by atoms with E-state index in [4.69, 9.17) is 0 Å². The molecule has 0 aromatic heterocycles. The lowest BCUT2D eigenvalue weighted by Gasteiger charge is -2.59. The van der Waals surface area contributed by atoms with E-state index in [1.54, 1.807) is 5.56 Å². The molecular formula is C27H36O. The van der Waals surface area contributed by atoms with E-state index in [1.807, 2.05) is 0 Å². The highest BCUT2D eigenvalue weighted by atomic mass is 16.3. The highest BCUT2D eigenvalue weighted by Gasteiger charge is 2.55. The molecule has 1 N–H and O–H groups in total. The van der Waals surface area contributed by atoms with E-state index in [-0.39, 0.29) is 0 Å². The Hall–Kier alpha value is -0.980. The maximum Gasteiger partial charge on any atom is 0.119 e. The zero-order valence-electron chi connectivity index (χ0n) is 17.6. The van der Waals surface area contributed by atoms with Gasteiger partial charge in [-0.25, -0.2) is 0 Å². The molecule has 0 aliphatic heterocycles. The molecule has 8 aliphatic carbocycles. The zero-order valence-corrected chi connectivity index (χ0v) is 17.6. The van der Waals surface area contributed by atoms with Crippen LogP contribution in [-0.2, 0) is 10.8 Å². The Kier molecular flexibility index (Phi) is 3.22. The Bertz CT molecular complexity index is 697. The monoisotopic (exact) mass is 376 g/mol. The summed E-state index contributed by atoms with van der Waals surface area (Å²) in [5.74, 6) is 6.42. The minimum atomic E-state index is 0.309. The largest absolute Gasteiger partial charge is 0.508 e. The second-order valence-corrected chi connectivity index (χ2v) is 12.6. The van der Waals surface area contributed by atoms with Crippen molar-refractivity contribution in [3.05, 3.63) is 28.8 Å². The van der Waals surface area contributed by atoms with Crippen LogP contribution in [0.5, 0.6) is 5.75 Å². The lowest BCUT2D eigenvalue weighted by molar-refractivity contribution is -0.00914. The van der Waals surface area contributed by atoms with Gasteiger partial charge in [-0.1, -0.05) is 6.07 Å². The van der Waals surface area contributed by atoms with Gasteiger partial charge in [0.05, 0.1) is 0 Å². The molecule has 1 nitrogen and oxygen atoms in total. The van der Waals surface area contributed by atoms with Crippen LogP contribution >= 0.6 is 0 Å². The van der Waals surface area contributed by atoms with Crippen molar-refractivity contribution in [2.45, 2.75) is 94.8 Å². The van der Waals surface area contributed by atoms with Gasteiger partial charge in [-0.3, -0.25) is 0 Å². The first-order chi connectivity index (χ1) is 13.5. The summed E-state index contributed by atoms with van der Waals surface area (Å²) in [5.41, 5.74) is 5.18. The molecule has 150 valence electrons. The number of phenolic OH excluding ortho intramolecular Hbond substituents is 1. The third-order valence-corrected chi connectivity index (χ3v) is 10.6. The summed E-state index contributed by atoms with van der Waals surface area (Å²) in [6, 6.07) is 4.77. The maximum atomic E-state index is 11.2. The topological polar surface area (TPSA) is 20.2 Å². The molecule has 0 unspecified atom stereocenters. The summed E-state index contributed by atoms with van der Waals surface area (Å²) in [6.07, 6.45) is 17.4. The molecule has 8 aliphatic rings. The van der Waals surface area contributed by atoms with Gasteiger partial charge in [-0.05, 0) is 148 Å². The molecule has 0 amide bonds. The Labute approximate surface area is 170 Å². The van der Waals surface area contributed by atoms with Gasteiger partial charge in [0.2, 0.25) is 0 Å². The average molecular weight is 377 g/mol. The molecule has 0 saturated heterocycles. The van der Waals surface area contributed by atoms with E-state index in [1.165, 1.54) is 88.2 Å². The van der Waals surface area contributed by atoms with Crippen LogP contribution in [0.15, 0.2) is 12.1 Å². The third-order valence-electron chi connectivity index (χ3n) is 10.6. The molecule has 0 spiro atoms. The van der Waals surface area contributed by atoms with Crippen molar-refractivity contribution < 1.29 is 5.11 Å². The van der Waals surface area contributed by atoms with E-state index in [2.05, 4.69) is 19.1 Å². The normalized spacial score (nSPS) is 50.5. The number of rotatable bonds is 2. The molecule has 1 heteroatoms. The van der Waals surface area contributed by atoms with E-state index < -0.39 is 0 Å². The Morgan fingerprint density at radius 3 is 1.36 bits per heavy atom. The molecule has 8 saturated carbocycles. The highest BCUT2D eigenvalue weighted by molar-refractivity contribution is 5.50. The van der Waals surface area contributed by atoms with Crippen LogP contribution < -0.4 is 0 Å². The van der Waals surface area contributed by atoms with E-state index in [9.17, 15) is 5.11 Å². The van der Waals surface area contributed by atoms with Crippen LogP contribution in [0, 0.1) is 42.4 Å². The highest BCUT2D eigenvalue weighted by Crippen LogP contribution is 2.64. The quantitative estimate of drug-likeness (QED) is 0.613. The predicted octanol–water partition coefficient (Wildman–Crippen LogP) is 6.64. The SMILES string of the molecule is Cc1cc(O)c(C23CC4CC(CC(C4)C2)C3)cc1C12CC3CC(CC(C3)C1)C2. The summed E-state index contributed by atoms with van der Waals surface area (Å²) in [6.45, 7) is 2.29. The molecule has 0 radical (unpaired) electrons. The van der Waals surface area contributed by atoms with Crippen molar-refractivity contribution in [2.24, 2.45) is 35.5 Å². The van der Waals surface area contributed by atoms with Crippen molar-refractivity contribution in [1.82, 2.24) is 0 Å². The van der Waals surface area contributed by atoms with Gasteiger partial charge < -0.3 is 5.11 Å². The Morgan fingerprint density at radius 1 is 0.607 bits per heavy atom. The smallest absolute Gasteiger partial charge is 0.119 e. The van der Waals surface area contributed by atoms with Crippen LogP contribution in [0.4, 0.5) is 0 Å². The minimum absolute atomic E-state index is 0.309. The van der Waals surface area contributed by atoms with Crippen molar-refractivity contribution in [3.8, 4) is 5.75 Å². The molecule has 0 atom stereocenters. The van der Waals surface area contributed by atoms with Gasteiger partial charge in [0.15, 0.2) is 0 Å².